The molecule has 0 bridgehead atoms. The van der Waals surface area contributed by atoms with Gasteiger partial charge < -0.3 is 5.11 Å². The summed E-state index contributed by atoms with van der Waals surface area (Å²) in [5, 5.41) is 13.6. The van der Waals surface area contributed by atoms with E-state index in [1.54, 1.807) is 0 Å². The van der Waals surface area contributed by atoms with Crippen molar-refractivity contribution in [1.82, 2.24) is 5.43 Å². The van der Waals surface area contributed by atoms with Crippen molar-refractivity contribution in [2.45, 2.75) is 12.6 Å². The predicted molar refractivity (Wildman–Crippen MR) is 84.0 cm³/mol. The van der Waals surface area contributed by atoms with Crippen LogP contribution in [0.4, 0.5) is 13.2 Å². The summed E-state index contributed by atoms with van der Waals surface area (Å²) in [5.41, 5.74) is 1.86. The molecule has 2 aromatic carbocycles. The summed E-state index contributed by atoms with van der Waals surface area (Å²) in [6, 6.07) is 8.79. The Morgan fingerprint density at radius 2 is 2.00 bits per heavy atom. The Labute approximate surface area is 140 Å². The maximum atomic E-state index is 12.6. The van der Waals surface area contributed by atoms with Crippen LogP contribution in [0.5, 0.6) is 5.75 Å². The second-order valence-corrected chi connectivity index (χ2v) is 5.31. The van der Waals surface area contributed by atoms with E-state index in [2.05, 4.69) is 10.5 Å². The molecule has 0 radical (unpaired) electrons. The molecule has 24 heavy (non-hydrogen) atoms. The number of hydrogen-bond acceptors (Lipinski definition) is 3. The molecule has 2 aromatic rings. The summed E-state index contributed by atoms with van der Waals surface area (Å²) in [7, 11) is 0. The van der Waals surface area contributed by atoms with E-state index in [4.69, 9.17) is 11.6 Å². The number of benzene rings is 2. The van der Waals surface area contributed by atoms with Crippen LogP contribution in [-0.2, 0) is 17.4 Å². The number of phenols is 1. The van der Waals surface area contributed by atoms with Gasteiger partial charge in [-0.15, -0.1) is 0 Å². The highest BCUT2D eigenvalue weighted by atomic mass is 35.5. The van der Waals surface area contributed by atoms with Crippen LogP contribution in [0, 0.1) is 0 Å². The molecule has 0 aliphatic rings. The summed E-state index contributed by atoms with van der Waals surface area (Å²) in [6.07, 6.45) is -3.54. The van der Waals surface area contributed by atoms with Crippen molar-refractivity contribution in [3.63, 3.8) is 0 Å². The Hall–Kier alpha value is -2.54. The minimum atomic E-state index is -4.46. The molecule has 0 aliphatic heterocycles. The molecule has 0 saturated heterocycles. The molecule has 0 atom stereocenters. The van der Waals surface area contributed by atoms with Crippen LogP contribution in [0.1, 0.15) is 16.7 Å². The van der Waals surface area contributed by atoms with Crippen LogP contribution >= 0.6 is 11.6 Å². The SMILES string of the molecule is O=C(Cc1cccc(C(F)(F)F)c1)NN=Cc1cc(Cl)ccc1O. The van der Waals surface area contributed by atoms with Gasteiger partial charge >= 0.3 is 6.18 Å². The van der Waals surface area contributed by atoms with Crippen LogP contribution in [0.2, 0.25) is 5.02 Å². The van der Waals surface area contributed by atoms with Gasteiger partial charge in [0, 0.05) is 10.6 Å². The number of hydrogen-bond donors (Lipinski definition) is 2. The van der Waals surface area contributed by atoms with Gasteiger partial charge in [0.05, 0.1) is 18.2 Å². The monoisotopic (exact) mass is 356 g/mol. The summed E-state index contributed by atoms with van der Waals surface area (Å²) in [5.74, 6) is -0.664. The molecule has 0 spiro atoms. The van der Waals surface area contributed by atoms with Crippen LogP contribution in [-0.4, -0.2) is 17.2 Å². The van der Waals surface area contributed by atoms with Gasteiger partial charge in [0.25, 0.3) is 0 Å². The first-order chi connectivity index (χ1) is 11.3. The number of halogens is 4. The first-order valence-corrected chi connectivity index (χ1v) is 7.10. The number of carbonyl (C=O) groups is 1. The maximum Gasteiger partial charge on any atom is 0.416 e. The van der Waals surface area contributed by atoms with Gasteiger partial charge in [-0.3, -0.25) is 4.79 Å². The van der Waals surface area contributed by atoms with Crippen LogP contribution in [0.3, 0.4) is 0 Å². The predicted octanol–water partition coefficient (Wildman–Crippen LogP) is 3.76. The molecule has 1 amide bonds. The molecule has 4 nitrogen and oxygen atoms in total. The molecule has 0 fully saturated rings. The van der Waals surface area contributed by atoms with Crippen LogP contribution in [0.25, 0.3) is 0 Å². The molecule has 0 saturated carbocycles. The fraction of sp³-hybridized carbons (Fsp3) is 0.125. The normalized spacial score (nSPS) is 11.7. The number of rotatable bonds is 4. The van der Waals surface area contributed by atoms with Gasteiger partial charge in [-0.05, 0) is 29.8 Å². The van der Waals surface area contributed by atoms with Crippen molar-refractivity contribution in [2.24, 2.45) is 5.10 Å². The molecule has 0 aromatic heterocycles. The second kappa shape index (κ2) is 7.35. The van der Waals surface area contributed by atoms with E-state index in [0.29, 0.717) is 10.6 Å². The van der Waals surface area contributed by atoms with E-state index in [-0.39, 0.29) is 17.7 Å². The zero-order valence-electron chi connectivity index (χ0n) is 12.1. The van der Waals surface area contributed by atoms with Gasteiger partial charge in [-0.1, -0.05) is 29.8 Å². The lowest BCUT2D eigenvalue weighted by Gasteiger charge is -2.08. The highest BCUT2D eigenvalue weighted by Crippen LogP contribution is 2.29. The van der Waals surface area contributed by atoms with E-state index in [1.807, 2.05) is 0 Å². The van der Waals surface area contributed by atoms with E-state index >= 15 is 0 Å². The van der Waals surface area contributed by atoms with Crippen molar-refractivity contribution in [3.8, 4) is 5.75 Å². The molecular formula is C16H12ClF3N2O2. The molecular weight excluding hydrogens is 345 g/mol. The first-order valence-electron chi connectivity index (χ1n) is 6.72. The second-order valence-electron chi connectivity index (χ2n) is 4.87. The van der Waals surface area contributed by atoms with Crippen LogP contribution < -0.4 is 5.43 Å². The Bertz CT molecular complexity index is 776. The number of nitrogens with zero attached hydrogens (tertiary/aromatic N) is 1. The number of amides is 1. The van der Waals surface area contributed by atoms with Gasteiger partial charge in [-0.25, -0.2) is 5.43 Å². The van der Waals surface area contributed by atoms with E-state index < -0.39 is 17.6 Å². The number of nitrogens with one attached hydrogen (secondary N) is 1. The zero-order chi connectivity index (χ0) is 17.7. The minimum absolute atomic E-state index is 0.0738. The van der Waals surface area contributed by atoms with E-state index in [1.165, 1.54) is 36.5 Å². The third kappa shape index (κ3) is 4.99. The Kier molecular flexibility index (Phi) is 5.46. The lowest BCUT2D eigenvalue weighted by atomic mass is 10.1. The number of aromatic hydroxyl groups is 1. The van der Waals surface area contributed by atoms with Gasteiger partial charge in [0.1, 0.15) is 5.75 Å². The maximum absolute atomic E-state index is 12.6. The molecule has 2 rings (SSSR count). The number of alkyl halides is 3. The molecule has 126 valence electrons. The van der Waals surface area contributed by atoms with Crippen molar-refractivity contribution < 1.29 is 23.1 Å². The lowest BCUT2D eigenvalue weighted by Crippen LogP contribution is -2.20. The number of hydrazone groups is 1. The minimum Gasteiger partial charge on any atom is -0.507 e. The first kappa shape index (κ1) is 17.8. The molecule has 2 N–H and O–H groups in total. The van der Waals surface area contributed by atoms with Gasteiger partial charge in [0.15, 0.2) is 0 Å². The standard InChI is InChI=1S/C16H12ClF3N2O2/c17-13-4-5-14(23)11(8-13)9-21-22-15(24)7-10-2-1-3-12(6-10)16(18,19)20/h1-6,8-9,23H,7H2,(H,22,24). The average molecular weight is 357 g/mol. The van der Waals surface area contributed by atoms with Crippen molar-refractivity contribution in [2.75, 3.05) is 0 Å². The number of carbonyl (C=O) groups excluding carboxylic acids is 1. The number of phenolic OH excluding ortho intramolecular Hbond substituents is 1. The van der Waals surface area contributed by atoms with Crippen molar-refractivity contribution >= 4 is 23.7 Å². The zero-order valence-corrected chi connectivity index (χ0v) is 12.9. The largest absolute Gasteiger partial charge is 0.507 e. The Morgan fingerprint density at radius 3 is 2.71 bits per heavy atom. The molecule has 0 aliphatic carbocycles. The molecule has 0 heterocycles. The Balaban J connectivity index is 1.99. The van der Waals surface area contributed by atoms with Crippen molar-refractivity contribution in [3.05, 3.63) is 64.2 Å². The highest BCUT2D eigenvalue weighted by Gasteiger charge is 2.30. The lowest BCUT2D eigenvalue weighted by molar-refractivity contribution is -0.137. The van der Waals surface area contributed by atoms with E-state index in [9.17, 15) is 23.1 Å². The quantitative estimate of drug-likeness (QED) is 0.647. The fourth-order valence-electron chi connectivity index (χ4n) is 1.89. The summed E-state index contributed by atoms with van der Waals surface area (Å²) < 4.78 is 37.8. The third-order valence-electron chi connectivity index (χ3n) is 3.00. The third-order valence-corrected chi connectivity index (χ3v) is 3.24. The summed E-state index contributed by atoms with van der Waals surface area (Å²) in [4.78, 5) is 11.7. The Morgan fingerprint density at radius 1 is 1.25 bits per heavy atom. The summed E-state index contributed by atoms with van der Waals surface area (Å²) >= 11 is 5.77. The topological polar surface area (TPSA) is 61.7 Å². The highest BCUT2D eigenvalue weighted by molar-refractivity contribution is 6.30. The van der Waals surface area contributed by atoms with Crippen molar-refractivity contribution in [1.29, 1.82) is 0 Å². The smallest absolute Gasteiger partial charge is 0.416 e. The fourth-order valence-corrected chi connectivity index (χ4v) is 2.07. The average Bonchev–Trinajstić information content (AvgIpc) is 2.50. The van der Waals surface area contributed by atoms with Crippen LogP contribution in [0.15, 0.2) is 47.6 Å². The van der Waals surface area contributed by atoms with E-state index in [0.717, 1.165) is 12.1 Å². The molecule has 0 unspecified atom stereocenters. The summed E-state index contributed by atoms with van der Waals surface area (Å²) in [6.45, 7) is 0. The molecule has 8 heteroatoms. The van der Waals surface area contributed by atoms with Gasteiger partial charge in [-0.2, -0.15) is 18.3 Å². The van der Waals surface area contributed by atoms with Gasteiger partial charge in [0.2, 0.25) is 5.91 Å².